The van der Waals surface area contributed by atoms with Gasteiger partial charge in [0.2, 0.25) is 0 Å². The first kappa shape index (κ1) is 17.4. The summed E-state index contributed by atoms with van der Waals surface area (Å²) in [6.45, 7) is 12.4. The Bertz CT molecular complexity index is 631. The first-order valence-electron chi connectivity index (χ1n) is 8.55. The van der Waals surface area contributed by atoms with Crippen LogP contribution in [-0.4, -0.2) is 13.2 Å². The zero-order chi connectivity index (χ0) is 16.8. The van der Waals surface area contributed by atoms with Crippen LogP contribution in [0.2, 0.25) is 0 Å². The SMILES string of the molecule is Cc1ccc(C(C)C)c(OCCNc2ccccc2C(C)C)c1. The van der Waals surface area contributed by atoms with Crippen molar-refractivity contribution in [3.8, 4) is 5.75 Å². The fraction of sp³-hybridized carbons (Fsp3) is 0.429. The zero-order valence-electron chi connectivity index (χ0n) is 15.0. The van der Waals surface area contributed by atoms with E-state index >= 15 is 0 Å². The number of benzene rings is 2. The van der Waals surface area contributed by atoms with Gasteiger partial charge in [0, 0.05) is 12.2 Å². The second kappa shape index (κ2) is 8.05. The van der Waals surface area contributed by atoms with Crippen molar-refractivity contribution in [3.63, 3.8) is 0 Å². The molecule has 2 nitrogen and oxygen atoms in total. The summed E-state index contributed by atoms with van der Waals surface area (Å²) in [4.78, 5) is 0. The van der Waals surface area contributed by atoms with Gasteiger partial charge in [-0.3, -0.25) is 0 Å². The van der Waals surface area contributed by atoms with E-state index in [1.54, 1.807) is 0 Å². The predicted molar refractivity (Wildman–Crippen MR) is 99.8 cm³/mol. The number of rotatable bonds is 7. The van der Waals surface area contributed by atoms with Crippen molar-refractivity contribution in [3.05, 3.63) is 59.2 Å². The summed E-state index contributed by atoms with van der Waals surface area (Å²) in [7, 11) is 0. The van der Waals surface area contributed by atoms with Crippen molar-refractivity contribution in [2.24, 2.45) is 0 Å². The number of hydrogen-bond donors (Lipinski definition) is 1. The van der Waals surface area contributed by atoms with Crippen molar-refractivity contribution >= 4 is 5.69 Å². The maximum Gasteiger partial charge on any atom is 0.123 e. The van der Waals surface area contributed by atoms with E-state index in [1.807, 2.05) is 0 Å². The van der Waals surface area contributed by atoms with E-state index in [9.17, 15) is 0 Å². The molecule has 0 radical (unpaired) electrons. The van der Waals surface area contributed by atoms with Crippen LogP contribution < -0.4 is 10.1 Å². The smallest absolute Gasteiger partial charge is 0.123 e. The van der Waals surface area contributed by atoms with Gasteiger partial charge in [0.15, 0.2) is 0 Å². The molecule has 0 aromatic heterocycles. The lowest BCUT2D eigenvalue weighted by molar-refractivity contribution is 0.328. The Balaban J connectivity index is 1.95. The van der Waals surface area contributed by atoms with Crippen molar-refractivity contribution in [2.45, 2.75) is 46.5 Å². The molecule has 0 unspecified atom stereocenters. The minimum absolute atomic E-state index is 0.472. The fourth-order valence-electron chi connectivity index (χ4n) is 2.75. The Labute approximate surface area is 140 Å². The fourth-order valence-corrected chi connectivity index (χ4v) is 2.75. The third kappa shape index (κ3) is 4.75. The van der Waals surface area contributed by atoms with E-state index in [4.69, 9.17) is 4.74 Å². The lowest BCUT2D eigenvalue weighted by Crippen LogP contribution is -2.13. The highest BCUT2D eigenvalue weighted by Gasteiger charge is 2.08. The Morgan fingerprint density at radius 2 is 1.61 bits per heavy atom. The van der Waals surface area contributed by atoms with Crippen LogP contribution in [-0.2, 0) is 0 Å². The van der Waals surface area contributed by atoms with Gasteiger partial charge in [-0.05, 0) is 47.6 Å². The molecule has 2 heteroatoms. The van der Waals surface area contributed by atoms with Crippen LogP contribution in [0.1, 0.15) is 56.2 Å². The molecule has 0 aliphatic heterocycles. The van der Waals surface area contributed by atoms with Gasteiger partial charge in [-0.15, -0.1) is 0 Å². The van der Waals surface area contributed by atoms with E-state index < -0.39 is 0 Å². The Morgan fingerprint density at radius 1 is 0.913 bits per heavy atom. The summed E-state index contributed by atoms with van der Waals surface area (Å²) in [6, 6.07) is 15.0. The molecule has 0 saturated heterocycles. The molecule has 0 spiro atoms. The average Bonchev–Trinajstić information content (AvgIpc) is 2.51. The molecular formula is C21H29NO. The molecule has 0 amide bonds. The normalized spacial score (nSPS) is 11.1. The highest BCUT2D eigenvalue weighted by atomic mass is 16.5. The van der Waals surface area contributed by atoms with Crippen LogP contribution in [0.25, 0.3) is 0 Å². The standard InChI is InChI=1S/C21H29NO/c1-15(2)18-8-6-7-9-20(18)22-12-13-23-21-14-17(5)10-11-19(21)16(3)4/h6-11,14-16,22H,12-13H2,1-5H3. The van der Waals surface area contributed by atoms with E-state index in [2.05, 4.69) is 82.4 Å². The number of para-hydroxylation sites is 1. The van der Waals surface area contributed by atoms with E-state index in [0.29, 0.717) is 18.4 Å². The first-order chi connectivity index (χ1) is 11.0. The van der Waals surface area contributed by atoms with Gasteiger partial charge in [-0.1, -0.05) is 58.0 Å². The number of ether oxygens (including phenoxy) is 1. The summed E-state index contributed by atoms with van der Waals surface area (Å²) in [5.74, 6) is 2.00. The molecule has 23 heavy (non-hydrogen) atoms. The minimum Gasteiger partial charge on any atom is -0.491 e. The highest BCUT2D eigenvalue weighted by molar-refractivity contribution is 5.52. The van der Waals surface area contributed by atoms with Crippen LogP contribution in [0.3, 0.4) is 0 Å². The Morgan fingerprint density at radius 3 is 2.30 bits per heavy atom. The van der Waals surface area contributed by atoms with Gasteiger partial charge < -0.3 is 10.1 Å². The molecule has 0 aliphatic carbocycles. The van der Waals surface area contributed by atoms with Crippen LogP contribution in [0, 0.1) is 6.92 Å². The quantitative estimate of drug-likeness (QED) is 0.659. The molecular weight excluding hydrogens is 282 g/mol. The molecule has 2 aromatic rings. The molecule has 0 heterocycles. The Kier molecular flexibility index (Phi) is 6.09. The average molecular weight is 311 g/mol. The molecule has 0 atom stereocenters. The van der Waals surface area contributed by atoms with Crippen LogP contribution in [0.4, 0.5) is 5.69 Å². The number of aryl methyl sites for hydroxylation is 1. The van der Waals surface area contributed by atoms with Crippen molar-refractivity contribution in [1.29, 1.82) is 0 Å². The number of hydrogen-bond acceptors (Lipinski definition) is 2. The van der Waals surface area contributed by atoms with Gasteiger partial charge >= 0.3 is 0 Å². The van der Waals surface area contributed by atoms with E-state index in [1.165, 1.54) is 22.4 Å². The summed E-state index contributed by atoms with van der Waals surface area (Å²) >= 11 is 0. The molecule has 0 aliphatic rings. The van der Waals surface area contributed by atoms with Gasteiger partial charge in [-0.2, -0.15) is 0 Å². The van der Waals surface area contributed by atoms with E-state index in [-0.39, 0.29) is 0 Å². The molecule has 124 valence electrons. The maximum atomic E-state index is 6.04. The zero-order valence-corrected chi connectivity index (χ0v) is 15.0. The summed E-state index contributed by atoms with van der Waals surface area (Å²) in [5, 5.41) is 3.50. The first-order valence-corrected chi connectivity index (χ1v) is 8.55. The lowest BCUT2D eigenvalue weighted by Gasteiger charge is -2.17. The minimum atomic E-state index is 0.472. The van der Waals surface area contributed by atoms with Gasteiger partial charge in [0.1, 0.15) is 12.4 Å². The third-order valence-electron chi connectivity index (χ3n) is 4.05. The van der Waals surface area contributed by atoms with Crippen LogP contribution >= 0.6 is 0 Å². The largest absolute Gasteiger partial charge is 0.491 e. The van der Waals surface area contributed by atoms with Crippen molar-refractivity contribution in [2.75, 3.05) is 18.5 Å². The second-order valence-electron chi connectivity index (χ2n) is 6.71. The van der Waals surface area contributed by atoms with Gasteiger partial charge in [0.25, 0.3) is 0 Å². The summed E-state index contributed by atoms with van der Waals surface area (Å²) < 4.78 is 6.04. The van der Waals surface area contributed by atoms with Crippen molar-refractivity contribution < 1.29 is 4.74 Å². The van der Waals surface area contributed by atoms with Crippen molar-refractivity contribution in [1.82, 2.24) is 0 Å². The summed E-state index contributed by atoms with van der Waals surface area (Å²) in [5.41, 5.74) is 5.08. The van der Waals surface area contributed by atoms with Gasteiger partial charge in [0.05, 0.1) is 0 Å². The molecule has 0 fully saturated rings. The third-order valence-corrected chi connectivity index (χ3v) is 4.05. The molecule has 0 saturated carbocycles. The number of nitrogens with one attached hydrogen (secondary N) is 1. The van der Waals surface area contributed by atoms with Crippen LogP contribution in [0.15, 0.2) is 42.5 Å². The molecule has 2 rings (SSSR count). The molecule has 2 aromatic carbocycles. The van der Waals surface area contributed by atoms with E-state index in [0.717, 1.165) is 12.3 Å². The molecule has 0 bridgehead atoms. The molecule has 1 N–H and O–H groups in total. The summed E-state index contributed by atoms with van der Waals surface area (Å²) in [6.07, 6.45) is 0. The van der Waals surface area contributed by atoms with Gasteiger partial charge in [-0.25, -0.2) is 0 Å². The maximum absolute atomic E-state index is 6.04. The lowest BCUT2D eigenvalue weighted by atomic mass is 10.0. The Hall–Kier alpha value is -1.96. The topological polar surface area (TPSA) is 21.3 Å². The van der Waals surface area contributed by atoms with Crippen LogP contribution in [0.5, 0.6) is 5.75 Å². The second-order valence-corrected chi connectivity index (χ2v) is 6.71. The predicted octanol–water partition coefficient (Wildman–Crippen LogP) is 5.73. The highest BCUT2D eigenvalue weighted by Crippen LogP contribution is 2.27. The number of anilines is 1. The monoisotopic (exact) mass is 311 g/mol.